The van der Waals surface area contributed by atoms with Gasteiger partial charge in [-0.05, 0) is 36.8 Å². The highest BCUT2D eigenvalue weighted by Gasteiger charge is 2.12. The first kappa shape index (κ1) is 14.2. The van der Waals surface area contributed by atoms with E-state index in [-0.39, 0.29) is 0 Å². The van der Waals surface area contributed by atoms with Gasteiger partial charge < -0.3 is 4.74 Å². The summed E-state index contributed by atoms with van der Waals surface area (Å²) in [6.45, 7) is 2.39. The van der Waals surface area contributed by atoms with Crippen LogP contribution in [0.4, 0.5) is 0 Å². The van der Waals surface area contributed by atoms with E-state index in [4.69, 9.17) is 16.3 Å². The van der Waals surface area contributed by atoms with Crippen molar-refractivity contribution in [3.63, 3.8) is 0 Å². The molecule has 2 rings (SSSR count). The lowest BCUT2D eigenvalue weighted by Crippen LogP contribution is -1.96. The van der Waals surface area contributed by atoms with Crippen LogP contribution in [0.25, 0.3) is 11.3 Å². The van der Waals surface area contributed by atoms with E-state index in [9.17, 15) is 5.26 Å². The number of benzene rings is 2. The monoisotopic (exact) mass is 283 g/mol. The van der Waals surface area contributed by atoms with Crippen molar-refractivity contribution in [2.45, 2.75) is 6.92 Å². The largest absolute Gasteiger partial charge is 0.492 e. The van der Waals surface area contributed by atoms with Gasteiger partial charge in [-0.15, -0.1) is 0 Å². The Hall–Kier alpha value is -2.24. The third-order valence-corrected chi connectivity index (χ3v) is 3.05. The Morgan fingerprint density at radius 1 is 1.05 bits per heavy atom. The van der Waals surface area contributed by atoms with E-state index >= 15 is 0 Å². The molecule has 20 heavy (non-hydrogen) atoms. The van der Waals surface area contributed by atoms with Crippen molar-refractivity contribution >= 4 is 22.9 Å². The Bertz CT molecular complexity index is 639. The second kappa shape index (κ2) is 6.79. The van der Waals surface area contributed by atoms with Crippen molar-refractivity contribution in [1.29, 1.82) is 5.26 Å². The van der Waals surface area contributed by atoms with Crippen LogP contribution in [0.3, 0.4) is 0 Å². The average Bonchev–Trinajstić information content (AvgIpc) is 2.49. The molecule has 2 aromatic rings. The lowest BCUT2D eigenvalue weighted by Gasteiger charge is -2.12. The molecule has 0 spiro atoms. The van der Waals surface area contributed by atoms with Crippen LogP contribution in [0, 0.1) is 11.3 Å². The molecule has 0 saturated heterocycles. The van der Waals surface area contributed by atoms with E-state index in [1.54, 1.807) is 12.1 Å². The number of halogens is 1. The van der Waals surface area contributed by atoms with Crippen LogP contribution in [-0.4, -0.2) is 6.61 Å². The van der Waals surface area contributed by atoms with Crippen LogP contribution >= 0.6 is 11.6 Å². The summed E-state index contributed by atoms with van der Waals surface area (Å²) >= 11 is 5.90. The molecule has 2 nitrogen and oxygen atoms in total. The van der Waals surface area contributed by atoms with Crippen molar-refractivity contribution in [2.75, 3.05) is 6.61 Å². The summed E-state index contributed by atoms with van der Waals surface area (Å²) in [4.78, 5) is 0. The van der Waals surface area contributed by atoms with Crippen LogP contribution < -0.4 is 0 Å². The Labute approximate surface area is 123 Å². The first-order valence-electron chi connectivity index (χ1n) is 6.34. The number of nitriles is 1. The maximum absolute atomic E-state index is 9.48. The lowest BCUT2D eigenvalue weighted by atomic mass is 10.0. The van der Waals surface area contributed by atoms with Gasteiger partial charge in [0.1, 0.15) is 17.4 Å². The molecule has 0 N–H and O–H groups in total. The maximum atomic E-state index is 9.48. The Kier molecular flexibility index (Phi) is 4.81. The molecule has 0 aromatic heterocycles. The Morgan fingerprint density at radius 2 is 1.70 bits per heavy atom. The van der Waals surface area contributed by atoms with E-state index in [0.717, 1.165) is 11.1 Å². The van der Waals surface area contributed by atoms with Gasteiger partial charge in [-0.2, -0.15) is 5.26 Å². The molecule has 2 aromatic carbocycles. The highest BCUT2D eigenvalue weighted by Crippen LogP contribution is 2.27. The zero-order valence-electron chi connectivity index (χ0n) is 11.1. The molecule has 0 atom stereocenters. The fourth-order valence-corrected chi connectivity index (χ4v) is 2.02. The average molecular weight is 284 g/mol. The van der Waals surface area contributed by atoms with Gasteiger partial charge in [0.2, 0.25) is 0 Å². The van der Waals surface area contributed by atoms with Crippen molar-refractivity contribution in [3.8, 4) is 6.07 Å². The minimum Gasteiger partial charge on any atom is -0.492 e. The lowest BCUT2D eigenvalue weighted by molar-refractivity contribution is 0.299. The molecule has 3 heteroatoms. The third-order valence-electron chi connectivity index (χ3n) is 2.80. The highest BCUT2D eigenvalue weighted by atomic mass is 35.5. The molecule has 0 saturated carbocycles. The summed E-state index contributed by atoms with van der Waals surface area (Å²) in [6, 6.07) is 19.0. The van der Waals surface area contributed by atoms with Crippen LogP contribution in [-0.2, 0) is 4.74 Å². The van der Waals surface area contributed by atoms with E-state index in [2.05, 4.69) is 6.07 Å². The molecule has 0 aliphatic rings. The first-order valence-corrected chi connectivity index (χ1v) is 6.72. The van der Waals surface area contributed by atoms with Crippen molar-refractivity contribution < 1.29 is 4.74 Å². The zero-order chi connectivity index (χ0) is 14.4. The van der Waals surface area contributed by atoms with Crippen LogP contribution in [0.5, 0.6) is 0 Å². The quantitative estimate of drug-likeness (QED) is 0.460. The maximum Gasteiger partial charge on any atom is 0.144 e. The number of rotatable bonds is 4. The van der Waals surface area contributed by atoms with Gasteiger partial charge in [-0.3, -0.25) is 0 Å². The van der Waals surface area contributed by atoms with Gasteiger partial charge in [0, 0.05) is 10.6 Å². The molecule has 100 valence electrons. The van der Waals surface area contributed by atoms with Crippen LogP contribution in [0.1, 0.15) is 18.1 Å². The summed E-state index contributed by atoms with van der Waals surface area (Å²) in [5, 5.41) is 10.1. The molecule has 0 bridgehead atoms. The number of allylic oxidation sites excluding steroid dienone is 1. The van der Waals surface area contributed by atoms with Gasteiger partial charge in [-0.25, -0.2) is 0 Å². The predicted molar refractivity (Wildman–Crippen MR) is 81.9 cm³/mol. The fraction of sp³-hybridized carbons (Fsp3) is 0.118. The van der Waals surface area contributed by atoms with Crippen molar-refractivity contribution in [2.24, 2.45) is 0 Å². The minimum absolute atomic E-state index is 0.496. The normalized spacial score (nSPS) is 11.4. The van der Waals surface area contributed by atoms with Crippen LogP contribution in [0.15, 0.2) is 54.6 Å². The van der Waals surface area contributed by atoms with E-state index in [1.165, 1.54) is 0 Å². The van der Waals surface area contributed by atoms with Crippen molar-refractivity contribution in [3.05, 3.63) is 70.7 Å². The van der Waals surface area contributed by atoms with Crippen molar-refractivity contribution in [1.82, 2.24) is 0 Å². The number of ether oxygens (including phenoxy) is 1. The third kappa shape index (κ3) is 3.20. The van der Waals surface area contributed by atoms with Gasteiger partial charge in [0.05, 0.1) is 6.61 Å². The number of hydrogen-bond acceptors (Lipinski definition) is 2. The summed E-state index contributed by atoms with van der Waals surface area (Å²) in [5.74, 6) is 0.581. The highest BCUT2D eigenvalue weighted by molar-refractivity contribution is 6.30. The molecule has 0 aliphatic heterocycles. The van der Waals surface area contributed by atoms with Gasteiger partial charge >= 0.3 is 0 Å². The SMILES string of the molecule is CCO/C(=C(\C#N)c1ccccc1)c1ccc(Cl)cc1. The van der Waals surface area contributed by atoms with Gasteiger partial charge in [0.15, 0.2) is 0 Å². The molecular formula is C17H14ClNO. The molecule has 0 fully saturated rings. The standard InChI is InChI=1S/C17H14ClNO/c1-2-20-17(14-8-10-15(18)11-9-14)16(12-19)13-6-4-3-5-7-13/h3-11H,2H2,1H3/b17-16+. The van der Waals surface area contributed by atoms with Gasteiger partial charge in [0.25, 0.3) is 0 Å². The molecule has 0 unspecified atom stereocenters. The molecule has 0 amide bonds. The molecule has 0 radical (unpaired) electrons. The second-order valence-corrected chi connectivity index (χ2v) is 4.56. The topological polar surface area (TPSA) is 33.0 Å². The molecule has 0 heterocycles. The Balaban J connectivity index is 2.57. The number of nitrogens with zero attached hydrogens (tertiary/aromatic N) is 1. The van der Waals surface area contributed by atoms with E-state index in [1.807, 2.05) is 49.4 Å². The van der Waals surface area contributed by atoms with Crippen LogP contribution in [0.2, 0.25) is 5.02 Å². The summed E-state index contributed by atoms with van der Waals surface area (Å²) in [5.41, 5.74) is 2.21. The number of hydrogen-bond donors (Lipinski definition) is 0. The smallest absolute Gasteiger partial charge is 0.144 e. The van der Waals surface area contributed by atoms with E-state index in [0.29, 0.717) is 23.0 Å². The predicted octanol–water partition coefficient (Wildman–Crippen LogP) is 4.77. The minimum atomic E-state index is 0.496. The van der Waals surface area contributed by atoms with Gasteiger partial charge in [-0.1, -0.05) is 41.9 Å². The van der Waals surface area contributed by atoms with E-state index < -0.39 is 0 Å². The molecular weight excluding hydrogens is 270 g/mol. The summed E-state index contributed by atoms with van der Waals surface area (Å²) < 4.78 is 5.69. The first-order chi connectivity index (χ1) is 9.76. The molecule has 0 aliphatic carbocycles. The Morgan fingerprint density at radius 3 is 2.25 bits per heavy atom. The zero-order valence-corrected chi connectivity index (χ0v) is 11.9. The summed E-state index contributed by atoms with van der Waals surface area (Å²) in [7, 11) is 0. The second-order valence-electron chi connectivity index (χ2n) is 4.12. The summed E-state index contributed by atoms with van der Waals surface area (Å²) in [6.07, 6.45) is 0. The fourth-order valence-electron chi connectivity index (χ4n) is 1.90.